The molecule has 78 valence electrons. The maximum absolute atomic E-state index is 3.19. The minimum absolute atomic E-state index is 1.10. The minimum Gasteiger partial charge on any atom is -0.362 e. The quantitative estimate of drug-likeness (QED) is 0.719. The summed E-state index contributed by atoms with van der Waals surface area (Å²) in [5.41, 5.74) is 2.34. The van der Waals surface area contributed by atoms with E-state index in [2.05, 4.69) is 24.4 Å². The van der Waals surface area contributed by atoms with Crippen LogP contribution in [0.15, 0.2) is 66.4 Å². The number of hydrogen-bond acceptors (Lipinski definition) is 1. The molecule has 0 heterocycles. The van der Waals surface area contributed by atoms with Gasteiger partial charge in [0, 0.05) is 11.9 Å². The van der Waals surface area contributed by atoms with Crippen molar-refractivity contribution in [3.8, 4) is 0 Å². The molecule has 1 nitrogen and oxygen atoms in total. The number of benzene rings is 1. The van der Waals surface area contributed by atoms with Crippen molar-refractivity contribution >= 4 is 5.69 Å². The highest BCUT2D eigenvalue weighted by Gasteiger charge is 1.82. The summed E-state index contributed by atoms with van der Waals surface area (Å²) in [5, 5.41) is 3.19. The van der Waals surface area contributed by atoms with Gasteiger partial charge in [0.1, 0.15) is 0 Å². The van der Waals surface area contributed by atoms with Crippen LogP contribution in [0.5, 0.6) is 0 Å². The summed E-state index contributed by atoms with van der Waals surface area (Å²) < 4.78 is 0. The van der Waals surface area contributed by atoms with Crippen molar-refractivity contribution in [1.82, 2.24) is 0 Å². The third kappa shape index (κ3) is 4.87. The monoisotopic (exact) mass is 199 g/mol. The molecule has 0 saturated carbocycles. The molecule has 0 saturated heterocycles. The molecule has 1 heteroatoms. The van der Waals surface area contributed by atoms with Gasteiger partial charge in [0.2, 0.25) is 0 Å². The fourth-order valence-corrected chi connectivity index (χ4v) is 1.20. The van der Waals surface area contributed by atoms with E-state index < -0.39 is 0 Å². The maximum atomic E-state index is 3.19. The molecule has 0 unspecified atom stereocenters. The number of allylic oxidation sites excluding steroid dienone is 5. The summed E-state index contributed by atoms with van der Waals surface area (Å²) in [6.45, 7) is 4.09. The maximum Gasteiger partial charge on any atom is 0.0379 e. The number of para-hydroxylation sites is 1. The number of rotatable bonds is 4. The van der Waals surface area contributed by atoms with Crippen LogP contribution >= 0.6 is 0 Å². The first-order valence-electron chi connectivity index (χ1n) is 5.10. The van der Waals surface area contributed by atoms with E-state index in [-0.39, 0.29) is 0 Å². The van der Waals surface area contributed by atoms with Gasteiger partial charge in [-0.25, -0.2) is 0 Å². The second-order valence-electron chi connectivity index (χ2n) is 3.28. The third-order valence-corrected chi connectivity index (χ3v) is 1.91. The van der Waals surface area contributed by atoms with Crippen LogP contribution in [0.3, 0.4) is 0 Å². The van der Waals surface area contributed by atoms with Gasteiger partial charge in [0.05, 0.1) is 0 Å². The van der Waals surface area contributed by atoms with Crippen molar-refractivity contribution in [2.45, 2.75) is 13.8 Å². The first-order valence-corrected chi connectivity index (χ1v) is 5.10. The van der Waals surface area contributed by atoms with Crippen LogP contribution in [-0.4, -0.2) is 0 Å². The lowest BCUT2D eigenvalue weighted by atomic mass is 10.2. The lowest BCUT2D eigenvalue weighted by molar-refractivity contribution is 1.49. The predicted octanol–water partition coefficient (Wildman–Crippen LogP) is 4.13. The first-order chi connectivity index (χ1) is 7.33. The smallest absolute Gasteiger partial charge is 0.0379 e. The highest BCUT2D eigenvalue weighted by molar-refractivity contribution is 5.45. The third-order valence-electron chi connectivity index (χ3n) is 1.91. The molecule has 0 aromatic heterocycles. The molecular weight excluding hydrogens is 182 g/mol. The molecular formula is C14H17N. The summed E-state index contributed by atoms with van der Waals surface area (Å²) >= 11 is 0. The molecule has 0 atom stereocenters. The molecule has 0 radical (unpaired) electrons. The molecule has 0 amide bonds. The summed E-state index contributed by atoms with van der Waals surface area (Å²) in [7, 11) is 0. The zero-order chi connectivity index (χ0) is 10.9. The van der Waals surface area contributed by atoms with Crippen molar-refractivity contribution in [3.63, 3.8) is 0 Å². The lowest BCUT2D eigenvalue weighted by Crippen LogP contribution is -1.84. The molecule has 1 N–H and O–H groups in total. The van der Waals surface area contributed by atoms with Gasteiger partial charge in [0.15, 0.2) is 0 Å². The van der Waals surface area contributed by atoms with Gasteiger partial charge < -0.3 is 5.32 Å². The Morgan fingerprint density at radius 3 is 2.60 bits per heavy atom. The molecule has 0 bridgehead atoms. The van der Waals surface area contributed by atoms with E-state index in [4.69, 9.17) is 0 Å². The SMILES string of the molecule is C\C=C/C(C)=C\C=C\Nc1ccccc1. The summed E-state index contributed by atoms with van der Waals surface area (Å²) in [6, 6.07) is 10.1. The Kier molecular flexibility index (Phi) is 5.02. The second kappa shape index (κ2) is 6.66. The number of hydrogen-bond donors (Lipinski definition) is 1. The molecule has 1 aromatic rings. The van der Waals surface area contributed by atoms with E-state index in [1.165, 1.54) is 5.57 Å². The van der Waals surface area contributed by atoms with Gasteiger partial charge in [-0.2, -0.15) is 0 Å². The first kappa shape index (κ1) is 11.3. The van der Waals surface area contributed by atoms with Crippen LogP contribution in [0.4, 0.5) is 5.69 Å². The van der Waals surface area contributed by atoms with E-state index in [0.717, 1.165) is 5.69 Å². The van der Waals surface area contributed by atoms with Crippen LogP contribution in [-0.2, 0) is 0 Å². The highest BCUT2D eigenvalue weighted by Crippen LogP contribution is 2.04. The topological polar surface area (TPSA) is 12.0 Å². The molecule has 0 spiro atoms. The zero-order valence-corrected chi connectivity index (χ0v) is 9.27. The van der Waals surface area contributed by atoms with Crippen molar-refractivity contribution in [2.75, 3.05) is 5.32 Å². The summed E-state index contributed by atoms with van der Waals surface area (Å²) in [5.74, 6) is 0. The fourth-order valence-electron chi connectivity index (χ4n) is 1.20. The Balaban J connectivity index is 2.44. The van der Waals surface area contributed by atoms with Crippen LogP contribution in [0, 0.1) is 0 Å². The van der Waals surface area contributed by atoms with Crippen molar-refractivity contribution in [2.24, 2.45) is 0 Å². The predicted molar refractivity (Wildman–Crippen MR) is 67.8 cm³/mol. The van der Waals surface area contributed by atoms with Gasteiger partial charge >= 0.3 is 0 Å². The van der Waals surface area contributed by atoms with Crippen molar-refractivity contribution < 1.29 is 0 Å². The standard InChI is InChI=1S/C14H17N/c1-3-8-13(2)9-7-12-15-14-10-5-4-6-11-14/h3-12,15H,1-2H3/b8-3-,12-7+,13-9-. The van der Waals surface area contributed by atoms with E-state index in [1.807, 2.05) is 55.6 Å². The zero-order valence-electron chi connectivity index (χ0n) is 9.27. The van der Waals surface area contributed by atoms with E-state index in [0.29, 0.717) is 0 Å². The Morgan fingerprint density at radius 2 is 1.93 bits per heavy atom. The van der Waals surface area contributed by atoms with Gasteiger partial charge in [0.25, 0.3) is 0 Å². The summed E-state index contributed by atoms with van der Waals surface area (Å²) in [4.78, 5) is 0. The van der Waals surface area contributed by atoms with Crippen molar-refractivity contribution in [3.05, 3.63) is 66.4 Å². The fraction of sp³-hybridized carbons (Fsp3) is 0.143. The van der Waals surface area contributed by atoms with Gasteiger partial charge in [-0.3, -0.25) is 0 Å². The molecule has 15 heavy (non-hydrogen) atoms. The Morgan fingerprint density at radius 1 is 1.20 bits per heavy atom. The van der Waals surface area contributed by atoms with E-state index >= 15 is 0 Å². The second-order valence-corrected chi connectivity index (χ2v) is 3.28. The molecule has 1 aromatic carbocycles. The Bertz CT molecular complexity index is 358. The van der Waals surface area contributed by atoms with E-state index in [1.54, 1.807) is 0 Å². The molecule has 0 aliphatic heterocycles. The largest absolute Gasteiger partial charge is 0.362 e. The molecule has 1 rings (SSSR count). The normalized spacial score (nSPS) is 12.5. The van der Waals surface area contributed by atoms with Gasteiger partial charge in [-0.05, 0) is 32.1 Å². The highest BCUT2D eigenvalue weighted by atomic mass is 14.8. The van der Waals surface area contributed by atoms with E-state index in [9.17, 15) is 0 Å². The van der Waals surface area contributed by atoms with Crippen molar-refractivity contribution in [1.29, 1.82) is 0 Å². The van der Waals surface area contributed by atoms with Crippen LogP contribution in [0.2, 0.25) is 0 Å². The average Bonchev–Trinajstić information content (AvgIpc) is 2.26. The van der Waals surface area contributed by atoms with Crippen LogP contribution in [0.25, 0.3) is 0 Å². The Labute approximate surface area is 91.8 Å². The summed E-state index contributed by atoms with van der Waals surface area (Å²) in [6.07, 6.45) is 10.1. The molecule has 0 fully saturated rings. The number of nitrogens with one attached hydrogen (secondary N) is 1. The average molecular weight is 199 g/mol. The van der Waals surface area contributed by atoms with Crippen LogP contribution < -0.4 is 5.32 Å². The lowest BCUT2D eigenvalue weighted by Gasteiger charge is -1.97. The van der Waals surface area contributed by atoms with Gasteiger partial charge in [-0.15, -0.1) is 0 Å². The Hall–Kier alpha value is -1.76. The molecule has 0 aliphatic carbocycles. The number of anilines is 1. The molecule has 0 aliphatic rings. The van der Waals surface area contributed by atoms with Gasteiger partial charge in [-0.1, -0.05) is 42.0 Å². The van der Waals surface area contributed by atoms with Crippen LogP contribution in [0.1, 0.15) is 13.8 Å². The minimum atomic E-state index is 1.10.